The zero-order chi connectivity index (χ0) is 20.7. The van der Waals surface area contributed by atoms with Crippen molar-refractivity contribution in [3.63, 3.8) is 0 Å². The number of hydrogen-bond donors (Lipinski definition) is 0. The molecule has 2 atom stereocenters. The Balaban J connectivity index is 2.17. The van der Waals surface area contributed by atoms with Crippen molar-refractivity contribution in [2.45, 2.75) is 48.4 Å². The van der Waals surface area contributed by atoms with Crippen LogP contribution >= 0.6 is 11.3 Å². The highest BCUT2D eigenvalue weighted by atomic mass is 32.2. The smallest absolute Gasteiger partial charge is 0.226 e. The van der Waals surface area contributed by atoms with Gasteiger partial charge in [0, 0.05) is 13.1 Å². The molecule has 9 heteroatoms. The third-order valence-corrected chi connectivity index (χ3v) is 10.1. The van der Waals surface area contributed by atoms with Crippen LogP contribution in [0, 0.1) is 18.8 Å². The van der Waals surface area contributed by atoms with E-state index in [2.05, 4.69) is 18.8 Å². The second-order valence-electron chi connectivity index (χ2n) is 7.66. The van der Waals surface area contributed by atoms with Crippen molar-refractivity contribution in [3.8, 4) is 0 Å². The quantitative estimate of drug-likeness (QED) is 0.704. The summed E-state index contributed by atoms with van der Waals surface area (Å²) < 4.78 is 51.4. The highest BCUT2D eigenvalue weighted by Crippen LogP contribution is 2.40. The van der Waals surface area contributed by atoms with Gasteiger partial charge < -0.3 is 4.90 Å². The van der Waals surface area contributed by atoms with E-state index in [4.69, 9.17) is 0 Å². The minimum absolute atomic E-state index is 0.114. The van der Waals surface area contributed by atoms with Gasteiger partial charge in [0.05, 0.1) is 10.6 Å². The molecule has 1 aliphatic rings. The lowest BCUT2D eigenvalue weighted by atomic mass is 9.92. The molecule has 0 radical (unpaired) electrons. The monoisotopic (exact) mass is 442 g/mol. The normalized spacial score (nSPS) is 21.1. The van der Waals surface area contributed by atoms with Crippen molar-refractivity contribution >= 4 is 36.0 Å². The Bertz CT molecular complexity index is 1050. The number of hydrogen-bond acceptors (Lipinski definition) is 7. The molecule has 2 heterocycles. The largest absolute Gasteiger partial charge is 0.360 e. The fourth-order valence-electron chi connectivity index (χ4n) is 3.57. The maximum absolute atomic E-state index is 13.3. The van der Waals surface area contributed by atoms with Crippen LogP contribution in [0.4, 0.5) is 5.00 Å². The van der Waals surface area contributed by atoms with E-state index in [0.717, 1.165) is 23.3 Å². The SMILES string of the molecule is CCS(=O)(=O)c1nc(S(=O)(=O)c2ccc(C)cc2)c(N2C[C@@H](C)C[C@H](C)C2)s1. The lowest BCUT2D eigenvalue weighted by Gasteiger charge is -2.35. The van der Waals surface area contributed by atoms with Crippen LogP contribution in [0.5, 0.6) is 0 Å². The summed E-state index contributed by atoms with van der Waals surface area (Å²) in [6.45, 7) is 9.05. The van der Waals surface area contributed by atoms with Gasteiger partial charge in [0.2, 0.25) is 24.0 Å². The molecular weight excluding hydrogens is 416 g/mol. The van der Waals surface area contributed by atoms with Crippen LogP contribution in [0.1, 0.15) is 32.8 Å². The van der Waals surface area contributed by atoms with Gasteiger partial charge in [-0.1, -0.05) is 49.8 Å². The lowest BCUT2D eigenvalue weighted by molar-refractivity contribution is 0.357. The Labute approximate surface area is 171 Å². The van der Waals surface area contributed by atoms with Gasteiger partial charge in [-0.15, -0.1) is 0 Å². The number of aryl methyl sites for hydroxylation is 1. The molecule has 3 rings (SSSR count). The van der Waals surface area contributed by atoms with E-state index < -0.39 is 19.7 Å². The highest BCUT2D eigenvalue weighted by molar-refractivity contribution is 7.94. The number of thiazole rings is 1. The van der Waals surface area contributed by atoms with E-state index >= 15 is 0 Å². The predicted molar refractivity (Wildman–Crippen MR) is 112 cm³/mol. The van der Waals surface area contributed by atoms with Crippen LogP contribution in [0.3, 0.4) is 0 Å². The molecule has 0 N–H and O–H groups in total. The van der Waals surface area contributed by atoms with E-state index in [0.29, 0.717) is 29.9 Å². The minimum Gasteiger partial charge on any atom is -0.360 e. The summed E-state index contributed by atoms with van der Waals surface area (Å²) in [5.74, 6) is 0.676. The Morgan fingerprint density at radius 3 is 2.18 bits per heavy atom. The van der Waals surface area contributed by atoms with Crippen molar-refractivity contribution < 1.29 is 16.8 Å². The molecule has 154 valence electrons. The van der Waals surface area contributed by atoms with Crippen molar-refractivity contribution in [2.24, 2.45) is 11.8 Å². The van der Waals surface area contributed by atoms with Gasteiger partial charge in [0.15, 0.2) is 5.03 Å². The first-order valence-electron chi connectivity index (χ1n) is 9.35. The number of sulfone groups is 2. The third-order valence-electron chi connectivity index (χ3n) is 4.95. The maximum atomic E-state index is 13.3. The minimum atomic E-state index is -3.93. The average Bonchev–Trinajstić information content (AvgIpc) is 3.08. The van der Waals surface area contributed by atoms with E-state index in [1.54, 1.807) is 24.3 Å². The molecule has 0 saturated carbocycles. The average molecular weight is 443 g/mol. The van der Waals surface area contributed by atoms with Crippen molar-refractivity contribution in [1.82, 2.24) is 4.98 Å². The number of rotatable bonds is 5. The summed E-state index contributed by atoms with van der Waals surface area (Å²) >= 11 is 0.974. The number of nitrogens with zero attached hydrogens (tertiary/aromatic N) is 2. The van der Waals surface area contributed by atoms with Crippen LogP contribution in [-0.2, 0) is 19.7 Å². The van der Waals surface area contributed by atoms with Gasteiger partial charge in [0.25, 0.3) is 0 Å². The molecule has 2 aromatic rings. The molecular formula is C19H26N2O4S3. The van der Waals surface area contributed by atoms with Gasteiger partial charge >= 0.3 is 0 Å². The lowest BCUT2D eigenvalue weighted by Crippen LogP contribution is -2.38. The van der Waals surface area contributed by atoms with E-state index in [-0.39, 0.29) is 20.0 Å². The summed E-state index contributed by atoms with van der Waals surface area (Å²) in [5.41, 5.74) is 0.949. The summed E-state index contributed by atoms with van der Waals surface area (Å²) in [6.07, 6.45) is 1.06. The number of aromatic nitrogens is 1. The molecule has 0 bridgehead atoms. The first-order valence-corrected chi connectivity index (χ1v) is 13.3. The van der Waals surface area contributed by atoms with Crippen LogP contribution < -0.4 is 4.90 Å². The van der Waals surface area contributed by atoms with Crippen LogP contribution in [-0.4, -0.2) is 40.7 Å². The van der Waals surface area contributed by atoms with Crippen LogP contribution in [0.15, 0.2) is 38.5 Å². The fraction of sp³-hybridized carbons (Fsp3) is 0.526. The Kier molecular flexibility index (Phi) is 5.89. The van der Waals surface area contributed by atoms with E-state index in [1.165, 1.54) is 6.92 Å². The van der Waals surface area contributed by atoms with Crippen molar-refractivity contribution in [3.05, 3.63) is 29.8 Å². The summed E-state index contributed by atoms with van der Waals surface area (Å²) in [7, 11) is -7.52. The third kappa shape index (κ3) is 4.11. The van der Waals surface area contributed by atoms with Gasteiger partial charge in [-0.25, -0.2) is 21.8 Å². The zero-order valence-corrected chi connectivity index (χ0v) is 19.0. The van der Waals surface area contributed by atoms with Crippen LogP contribution in [0.2, 0.25) is 0 Å². The van der Waals surface area contributed by atoms with Gasteiger partial charge in [0.1, 0.15) is 5.00 Å². The summed E-state index contributed by atoms with van der Waals surface area (Å²) in [5, 5.41) is 0.292. The topological polar surface area (TPSA) is 84.4 Å². The Hall–Kier alpha value is -1.45. The highest BCUT2D eigenvalue weighted by Gasteiger charge is 2.34. The first kappa shape index (κ1) is 21.3. The maximum Gasteiger partial charge on any atom is 0.226 e. The fourth-order valence-corrected chi connectivity index (χ4v) is 7.72. The molecule has 1 aromatic carbocycles. The number of piperidine rings is 1. The molecule has 1 aromatic heterocycles. The summed E-state index contributed by atoms with van der Waals surface area (Å²) in [6, 6.07) is 6.55. The Morgan fingerprint density at radius 2 is 1.64 bits per heavy atom. The molecule has 0 aliphatic carbocycles. The molecule has 1 fully saturated rings. The van der Waals surface area contributed by atoms with Gasteiger partial charge in [-0.3, -0.25) is 0 Å². The van der Waals surface area contributed by atoms with Crippen molar-refractivity contribution in [2.75, 3.05) is 23.7 Å². The number of benzene rings is 1. The molecule has 6 nitrogen and oxygen atoms in total. The molecule has 0 spiro atoms. The molecule has 1 aliphatic heterocycles. The van der Waals surface area contributed by atoms with E-state index in [9.17, 15) is 16.8 Å². The second-order valence-corrected chi connectivity index (χ2v) is 13.0. The predicted octanol–water partition coefficient (Wildman–Crippen LogP) is 3.56. The van der Waals surface area contributed by atoms with Gasteiger partial charge in [-0.05, 0) is 37.3 Å². The zero-order valence-electron chi connectivity index (χ0n) is 16.5. The summed E-state index contributed by atoms with van der Waals surface area (Å²) in [4.78, 5) is 6.27. The van der Waals surface area contributed by atoms with Gasteiger partial charge in [-0.2, -0.15) is 0 Å². The van der Waals surface area contributed by atoms with Crippen molar-refractivity contribution in [1.29, 1.82) is 0 Å². The molecule has 0 amide bonds. The van der Waals surface area contributed by atoms with E-state index in [1.807, 2.05) is 11.8 Å². The molecule has 1 saturated heterocycles. The standard InChI is InChI=1S/C19H26N2O4S3/c1-5-27(22,23)19-20-17(28(24,25)16-8-6-13(2)7-9-16)18(26-19)21-11-14(3)10-15(4)12-21/h6-9,14-15H,5,10-12H2,1-4H3/t14-,15-/m0/s1. The number of anilines is 1. The molecule has 28 heavy (non-hydrogen) atoms. The first-order chi connectivity index (χ1) is 13.0. The van der Waals surface area contributed by atoms with Crippen LogP contribution in [0.25, 0.3) is 0 Å². The molecule has 0 unspecified atom stereocenters. The second kappa shape index (κ2) is 7.76. The Morgan fingerprint density at radius 1 is 1.07 bits per heavy atom.